The molecule has 0 fully saturated rings. The number of ketones is 1. The lowest BCUT2D eigenvalue weighted by Gasteiger charge is -2.27. The summed E-state index contributed by atoms with van der Waals surface area (Å²) in [5.74, 6) is 1.76. The van der Waals surface area contributed by atoms with E-state index < -0.39 is 0 Å². The van der Waals surface area contributed by atoms with E-state index in [-0.39, 0.29) is 11.2 Å². The Labute approximate surface area is 115 Å². The molecule has 0 unspecified atom stereocenters. The van der Waals surface area contributed by atoms with Crippen LogP contribution in [0.5, 0.6) is 11.5 Å². The molecule has 1 aromatic carbocycles. The molecule has 1 aromatic rings. The summed E-state index contributed by atoms with van der Waals surface area (Å²) < 4.78 is 10.7. The van der Waals surface area contributed by atoms with E-state index in [1.54, 1.807) is 21.1 Å². The fraction of sp³-hybridized carbons (Fsp3) is 0.533. The third-order valence-corrected chi connectivity index (χ3v) is 3.08. The molecule has 0 saturated carbocycles. The lowest BCUT2D eigenvalue weighted by atomic mass is 9.83. The van der Waals surface area contributed by atoms with Gasteiger partial charge >= 0.3 is 0 Å². The van der Waals surface area contributed by atoms with Crippen LogP contribution in [-0.2, 0) is 10.2 Å². The highest BCUT2D eigenvalue weighted by Crippen LogP contribution is 2.34. The SMILES string of the molecule is COc1ccc(OC)c(C(C)(C)CNCC(C)=O)c1. The van der Waals surface area contributed by atoms with Gasteiger partial charge in [-0.15, -0.1) is 0 Å². The van der Waals surface area contributed by atoms with E-state index in [1.165, 1.54) is 0 Å². The van der Waals surface area contributed by atoms with Gasteiger partial charge < -0.3 is 14.8 Å². The monoisotopic (exact) mass is 265 g/mol. The van der Waals surface area contributed by atoms with Crippen LogP contribution in [0.15, 0.2) is 18.2 Å². The standard InChI is InChI=1S/C15H23NO3/c1-11(17)9-16-10-15(2,3)13-8-12(18-4)6-7-14(13)19-5/h6-8,16H,9-10H2,1-5H3. The van der Waals surface area contributed by atoms with E-state index in [0.29, 0.717) is 13.1 Å². The molecule has 1 N–H and O–H groups in total. The molecule has 1 rings (SSSR count). The third kappa shape index (κ3) is 4.24. The first-order chi connectivity index (χ1) is 8.90. The molecule has 0 aromatic heterocycles. The van der Waals surface area contributed by atoms with Gasteiger partial charge in [-0.05, 0) is 25.1 Å². The molecule has 0 saturated heterocycles. The summed E-state index contributed by atoms with van der Waals surface area (Å²) >= 11 is 0. The van der Waals surface area contributed by atoms with Crippen LogP contribution in [0.25, 0.3) is 0 Å². The second-order valence-electron chi connectivity index (χ2n) is 5.26. The molecule has 0 aliphatic carbocycles. The zero-order chi connectivity index (χ0) is 14.5. The Hall–Kier alpha value is -1.55. The van der Waals surface area contributed by atoms with Gasteiger partial charge in [-0.1, -0.05) is 13.8 Å². The average molecular weight is 265 g/mol. The summed E-state index contributed by atoms with van der Waals surface area (Å²) in [5.41, 5.74) is 0.903. The molecule has 0 heterocycles. The van der Waals surface area contributed by atoms with Gasteiger partial charge in [0.2, 0.25) is 0 Å². The van der Waals surface area contributed by atoms with Gasteiger partial charge in [0, 0.05) is 17.5 Å². The lowest BCUT2D eigenvalue weighted by Crippen LogP contribution is -2.35. The lowest BCUT2D eigenvalue weighted by molar-refractivity contribution is -0.116. The zero-order valence-electron chi connectivity index (χ0n) is 12.4. The number of Topliss-reactive ketones (excluding diaryl/α,β-unsaturated/α-hetero) is 1. The van der Waals surface area contributed by atoms with Crippen LogP contribution in [0.1, 0.15) is 26.3 Å². The Balaban J connectivity index is 2.94. The molecule has 0 spiro atoms. The highest BCUT2D eigenvalue weighted by Gasteiger charge is 2.25. The van der Waals surface area contributed by atoms with Crippen LogP contribution in [-0.4, -0.2) is 33.1 Å². The van der Waals surface area contributed by atoms with Gasteiger partial charge in [0.15, 0.2) is 0 Å². The number of nitrogens with one attached hydrogen (secondary N) is 1. The number of benzene rings is 1. The summed E-state index contributed by atoms with van der Waals surface area (Å²) in [4.78, 5) is 11.0. The summed E-state index contributed by atoms with van der Waals surface area (Å²) in [5, 5.41) is 3.17. The van der Waals surface area contributed by atoms with Crippen LogP contribution in [0.3, 0.4) is 0 Å². The highest BCUT2D eigenvalue weighted by molar-refractivity contribution is 5.77. The van der Waals surface area contributed by atoms with E-state index in [4.69, 9.17) is 9.47 Å². The van der Waals surface area contributed by atoms with Crippen molar-refractivity contribution >= 4 is 5.78 Å². The number of hydrogen-bond acceptors (Lipinski definition) is 4. The van der Waals surface area contributed by atoms with Crippen molar-refractivity contribution in [3.63, 3.8) is 0 Å². The predicted octanol–water partition coefficient (Wildman–Crippen LogP) is 2.16. The van der Waals surface area contributed by atoms with Crippen molar-refractivity contribution in [2.24, 2.45) is 0 Å². The maximum absolute atomic E-state index is 11.0. The number of hydrogen-bond donors (Lipinski definition) is 1. The van der Waals surface area contributed by atoms with E-state index in [9.17, 15) is 4.79 Å². The highest BCUT2D eigenvalue weighted by atomic mass is 16.5. The molecular formula is C15H23NO3. The smallest absolute Gasteiger partial charge is 0.143 e. The van der Waals surface area contributed by atoms with Gasteiger partial charge in [-0.3, -0.25) is 4.79 Å². The molecule has 0 aliphatic rings. The van der Waals surface area contributed by atoms with Crippen LogP contribution in [0, 0.1) is 0 Å². The Kier molecular flexibility index (Phi) is 5.36. The zero-order valence-corrected chi connectivity index (χ0v) is 12.4. The van der Waals surface area contributed by atoms with Gasteiger partial charge in [0.1, 0.15) is 17.3 Å². The topological polar surface area (TPSA) is 47.6 Å². The molecule has 4 nitrogen and oxygen atoms in total. The first kappa shape index (κ1) is 15.5. The largest absolute Gasteiger partial charge is 0.497 e. The Morgan fingerprint density at radius 2 is 1.95 bits per heavy atom. The fourth-order valence-electron chi connectivity index (χ4n) is 1.99. The van der Waals surface area contributed by atoms with E-state index in [2.05, 4.69) is 19.2 Å². The molecule has 0 aliphatic heterocycles. The van der Waals surface area contributed by atoms with Gasteiger partial charge in [0.25, 0.3) is 0 Å². The summed E-state index contributed by atoms with van der Waals surface area (Å²) in [6, 6.07) is 5.76. The minimum atomic E-state index is -0.157. The van der Waals surface area contributed by atoms with Gasteiger partial charge in [0.05, 0.1) is 20.8 Å². The van der Waals surface area contributed by atoms with Crippen molar-refractivity contribution in [1.82, 2.24) is 5.32 Å². The minimum Gasteiger partial charge on any atom is -0.497 e. The van der Waals surface area contributed by atoms with Crippen molar-refractivity contribution in [2.45, 2.75) is 26.2 Å². The molecule has 0 amide bonds. The summed E-state index contributed by atoms with van der Waals surface area (Å²) in [6.07, 6.45) is 0. The normalized spacial score (nSPS) is 11.2. The Bertz CT molecular complexity index is 441. The number of carbonyl (C=O) groups excluding carboxylic acids is 1. The summed E-state index contributed by atoms with van der Waals surface area (Å²) in [7, 11) is 3.30. The predicted molar refractivity (Wildman–Crippen MR) is 76.1 cm³/mol. The van der Waals surface area contributed by atoms with E-state index >= 15 is 0 Å². The number of carbonyl (C=O) groups is 1. The number of rotatable bonds is 7. The van der Waals surface area contributed by atoms with Crippen molar-refractivity contribution in [3.05, 3.63) is 23.8 Å². The first-order valence-electron chi connectivity index (χ1n) is 6.33. The fourth-order valence-corrected chi connectivity index (χ4v) is 1.99. The van der Waals surface area contributed by atoms with Gasteiger partial charge in [-0.25, -0.2) is 0 Å². The van der Waals surface area contributed by atoms with Crippen molar-refractivity contribution in [2.75, 3.05) is 27.3 Å². The quantitative estimate of drug-likeness (QED) is 0.820. The molecule has 0 atom stereocenters. The Morgan fingerprint density at radius 3 is 2.47 bits per heavy atom. The van der Waals surface area contributed by atoms with Crippen LogP contribution >= 0.6 is 0 Å². The Morgan fingerprint density at radius 1 is 1.26 bits per heavy atom. The molecule has 0 bridgehead atoms. The second-order valence-corrected chi connectivity index (χ2v) is 5.26. The van der Waals surface area contributed by atoms with Crippen LogP contribution < -0.4 is 14.8 Å². The minimum absolute atomic E-state index is 0.133. The van der Waals surface area contributed by atoms with Crippen molar-refractivity contribution in [3.8, 4) is 11.5 Å². The maximum atomic E-state index is 11.0. The molecule has 106 valence electrons. The molecule has 0 radical (unpaired) electrons. The van der Waals surface area contributed by atoms with E-state index in [1.807, 2.05) is 18.2 Å². The third-order valence-electron chi connectivity index (χ3n) is 3.08. The van der Waals surface area contributed by atoms with Crippen molar-refractivity contribution < 1.29 is 14.3 Å². The van der Waals surface area contributed by atoms with Crippen molar-refractivity contribution in [1.29, 1.82) is 0 Å². The van der Waals surface area contributed by atoms with Gasteiger partial charge in [-0.2, -0.15) is 0 Å². The number of methoxy groups -OCH3 is 2. The molecular weight excluding hydrogens is 242 g/mol. The van der Waals surface area contributed by atoms with Crippen LogP contribution in [0.4, 0.5) is 0 Å². The van der Waals surface area contributed by atoms with E-state index in [0.717, 1.165) is 17.1 Å². The van der Waals surface area contributed by atoms with Crippen LogP contribution in [0.2, 0.25) is 0 Å². The average Bonchev–Trinajstić information content (AvgIpc) is 2.37. The first-order valence-corrected chi connectivity index (χ1v) is 6.33. The molecule has 4 heteroatoms. The second kappa shape index (κ2) is 6.57. The maximum Gasteiger partial charge on any atom is 0.143 e. The summed E-state index contributed by atoms with van der Waals surface area (Å²) in [6.45, 7) is 6.87. The molecule has 19 heavy (non-hydrogen) atoms. The number of ether oxygens (including phenoxy) is 2.